The Kier molecular flexibility index (Phi) is 6.69. The molecule has 0 unspecified atom stereocenters. The van der Waals surface area contributed by atoms with Gasteiger partial charge in [-0.2, -0.15) is 0 Å². The summed E-state index contributed by atoms with van der Waals surface area (Å²) < 4.78 is 22.3. The Hall–Kier alpha value is -0.990. The highest BCUT2D eigenvalue weighted by Crippen LogP contribution is 2.37. The van der Waals surface area contributed by atoms with Crippen molar-refractivity contribution in [3.8, 4) is 5.75 Å². The van der Waals surface area contributed by atoms with Crippen molar-refractivity contribution in [3.63, 3.8) is 0 Å². The molecule has 2 aliphatic rings. The van der Waals surface area contributed by atoms with Gasteiger partial charge in [0, 0.05) is 16.4 Å². The summed E-state index contributed by atoms with van der Waals surface area (Å²) >= 11 is 3.29. The highest BCUT2D eigenvalue weighted by molar-refractivity contribution is 8.10. The first kappa shape index (κ1) is 19.8. The summed E-state index contributed by atoms with van der Waals surface area (Å²) in [7, 11) is 1.65. The average molecular weight is 397 g/mol. The second kappa shape index (κ2) is 8.80. The van der Waals surface area contributed by atoms with E-state index in [0.29, 0.717) is 19.8 Å². The lowest BCUT2D eigenvalue weighted by atomic mass is 10.2. The molecule has 0 N–H and O–H groups in total. The molecular weight excluding hydrogens is 372 g/mol. The van der Waals surface area contributed by atoms with Crippen LogP contribution in [0.2, 0.25) is 0 Å². The zero-order chi connectivity index (χ0) is 18.6. The van der Waals surface area contributed by atoms with Gasteiger partial charge in [-0.15, -0.1) is 23.5 Å². The van der Waals surface area contributed by atoms with Gasteiger partial charge in [0.15, 0.2) is 5.79 Å². The van der Waals surface area contributed by atoms with Crippen LogP contribution in [0.5, 0.6) is 5.75 Å². The van der Waals surface area contributed by atoms with Crippen molar-refractivity contribution in [2.24, 2.45) is 0 Å². The van der Waals surface area contributed by atoms with Crippen LogP contribution in [-0.4, -0.2) is 49.5 Å². The minimum absolute atomic E-state index is 0.0100. The van der Waals surface area contributed by atoms with Crippen LogP contribution < -0.4 is 4.74 Å². The molecule has 5 nitrogen and oxygen atoms in total. The third-order valence-electron chi connectivity index (χ3n) is 4.04. The largest absolute Gasteiger partial charge is 0.497 e. The Balaban J connectivity index is 1.60. The molecule has 0 spiro atoms. The number of methoxy groups -OCH3 is 1. The first-order chi connectivity index (χ1) is 12.5. The molecule has 0 bridgehead atoms. The van der Waals surface area contributed by atoms with Crippen LogP contribution in [-0.2, 0) is 25.6 Å². The second-order valence-electron chi connectivity index (χ2n) is 6.47. The van der Waals surface area contributed by atoms with Crippen LogP contribution >= 0.6 is 23.5 Å². The zero-order valence-electron chi connectivity index (χ0n) is 15.3. The Morgan fingerprint density at radius 1 is 1.19 bits per heavy atom. The van der Waals surface area contributed by atoms with Gasteiger partial charge in [-0.25, -0.2) is 0 Å². The molecule has 3 rings (SSSR count). The molecule has 0 saturated carbocycles. The third-order valence-corrected chi connectivity index (χ3v) is 6.66. The standard InChI is InChI=1S/C19H24O5S2/c1-19(2)23-11-15(24-19)17(20)18-16(25-8-9-26-18)12-22-10-13-4-6-14(21-3)7-5-13/h4-7,15H,8-12H2,1-3H3/t15-/m0/s1. The maximum atomic E-state index is 12.8. The second-order valence-corrected chi connectivity index (χ2v) is 8.77. The van der Waals surface area contributed by atoms with Gasteiger partial charge in [0.05, 0.1) is 31.8 Å². The maximum Gasteiger partial charge on any atom is 0.201 e. The lowest BCUT2D eigenvalue weighted by molar-refractivity contribution is -0.149. The number of Topliss-reactive ketones (excluding diaryl/α,β-unsaturated/α-hetero) is 1. The van der Waals surface area contributed by atoms with Crippen molar-refractivity contribution in [2.75, 3.05) is 31.8 Å². The van der Waals surface area contributed by atoms with Crippen molar-refractivity contribution >= 4 is 29.3 Å². The number of hydrogen-bond acceptors (Lipinski definition) is 7. The average Bonchev–Trinajstić information content (AvgIpc) is 3.02. The molecular formula is C19H24O5S2. The summed E-state index contributed by atoms with van der Waals surface area (Å²) in [6.07, 6.45) is -0.525. The van der Waals surface area contributed by atoms with Crippen LogP contribution in [0, 0.1) is 0 Å². The molecule has 0 aliphatic carbocycles. The summed E-state index contributed by atoms with van der Waals surface area (Å²) in [5, 5.41) is 0. The molecule has 1 atom stereocenters. The molecule has 142 valence electrons. The van der Waals surface area contributed by atoms with Gasteiger partial charge >= 0.3 is 0 Å². The van der Waals surface area contributed by atoms with Gasteiger partial charge in [0.25, 0.3) is 0 Å². The monoisotopic (exact) mass is 396 g/mol. The minimum Gasteiger partial charge on any atom is -0.497 e. The normalized spacial score (nSPS) is 22.5. The van der Waals surface area contributed by atoms with E-state index in [1.165, 1.54) is 0 Å². The molecule has 1 aromatic carbocycles. The van der Waals surface area contributed by atoms with Crippen molar-refractivity contribution in [2.45, 2.75) is 32.3 Å². The number of thioether (sulfide) groups is 2. The summed E-state index contributed by atoms with van der Waals surface area (Å²) in [6.45, 7) is 4.89. The zero-order valence-corrected chi connectivity index (χ0v) is 16.9. The molecule has 26 heavy (non-hydrogen) atoms. The molecule has 0 amide bonds. The lowest BCUT2D eigenvalue weighted by Gasteiger charge is -2.21. The number of hydrogen-bond donors (Lipinski definition) is 0. The fourth-order valence-corrected chi connectivity index (χ4v) is 5.08. The maximum absolute atomic E-state index is 12.8. The van der Waals surface area contributed by atoms with Crippen LogP contribution in [0.1, 0.15) is 19.4 Å². The topological polar surface area (TPSA) is 54.0 Å². The highest BCUT2D eigenvalue weighted by Gasteiger charge is 2.39. The van der Waals surface area contributed by atoms with E-state index in [2.05, 4.69) is 0 Å². The van der Waals surface area contributed by atoms with Crippen LogP contribution in [0.4, 0.5) is 0 Å². The predicted octanol–water partition coefficient (Wildman–Crippen LogP) is 3.62. The van der Waals surface area contributed by atoms with Gasteiger partial charge in [-0.1, -0.05) is 12.1 Å². The van der Waals surface area contributed by atoms with Gasteiger partial charge < -0.3 is 18.9 Å². The smallest absolute Gasteiger partial charge is 0.201 e. The molecule has 0 radical (unpaired) electrons. The molecule has 1 fully saturated rings. The molecule has 2 heterocycles. The Morgan fingerprint density at radius 3 is 2.58 bits per heavy atom. The van der Waals surface area contributed by atoms with Gasteiger partial charge in [-0.05, 0) is 31.5 Å². The number of carbonyl (C=O) groups excluding carboxylic acids is 1. The SMILES string of the molecule is COc1ccc(COCC2=C(C(=O)[C@@H]3COC(C)(C)O3)SCCS2)cc1. The molecule has 0 aromatic heterocycles. The van der Waals surface area contributed by atoms with Gasteiger partial charge in [0.1, 0.15) is 11.9 Å². The van der Waals surface area contributed by atoms with E-state index in [9.17, 15) is 4.79 Å². The number of benzene rings is 1. The molecule has 1 aromatic rings. The van der Waals surface area contributed by atoms with Crippen LogP contribution in [0.15, 0.2) is 34.1 Å². The van der Waals surface area contributed by atoms with E-state index in [1.54, 1.807) is 30.6 Å². The quantitative estimate of drug-likeness (QED) is 0.698. The first-order valence-corrected chi connectivity index (χ1v) is 10.5. The van der Waals surface area contributed by atoms with Gasteiger partial charge in [-0.3, -0.25) is 4.79 Å². The van der Waals surface area contributed by atoms with Crippen molar-refractivity contribution in [1.82, 2.24) is 0 Å². The number of rotatable bonds is 7. The number of ketones is 1. The number of ether oxygens (including phenoxy) is 4. The van der Waals surface area contributed by atoms with E-state index in [0.717, 1.165) is 32.6 Å². The fourth-order valence-electron chi connectivity index (χ4n) is 2.72. The first-order valence-electron chi connectivity index (χ1n) is 8.54. The minimum atomic E-state index is -0.696. The van der Waals surface area contributed by atoms with Crippen LogP contribution in [0.25, 0.3) is 0 Å². The van der Waals surface area contributed by atoms with E-state index in [1.807, 2.05) is 38.1 Å². The van der Waals surface area contributed by atoms with Crippen LogP contribution in [0.3, 0.4) is 0 Å². The summed E-state index contributed by atoms with van der Waals surface area (Å²) in [5.41, 5.74) is 1.07. The van der Waals surface area contributed by atoms with E-state index < -0.39 is 11.9 Å². The Morgan fingerprint density at radius 2 is 1.92 bits per heavy atom. The Labute approximate surface area is 162 Å². The van der Waals surface area contributed by atoms with E-state index in [4.69, 9.17) is 18.9 Å². The molecule has 1 saturated heterocycles. The van der Waals surface area contributed by atoms with E-state index in [-0.39, 0.29) is 5.78 Å². The van der Waals surface area contributed by atoms with E-state index >= 15 is 0 Å². The predicted molar refractivity (Wildman–Crippen MR) is 105 cm³/mol. The molecule has 7 heteroatoms. The number of carbonyl (C=O) groups is 1. The third kappa shape index (κ3) is 5.04. The highest BCUT2D eigenvalue weighted by atomic mass is 32.2. The lowest BCUT2D eigenvalue weighted by Crippen LogP contribution is -2.28. The van der Waals surface area contributed by atoms with Gasteiger partial charge in [0.2, 0.25) is 5.78 Å². The summed E-state index contributed by atoms with van der Waals surface area (Å²) in [4.78, 5) is 14.6. The van der Waals surface area contributed by atoms with Crippen molar-refractivity contribution < 1.29 is 23.7 Å². The fraction of sp³-hybridized carbons (Fsp3) is 0.526. The van der Waals surface area contributed by atoms with Crippen molar-refractivity contribution in [1.29, 1.82) is 0 Å². The van der Waals surface area contributed by atoms with Crippen molar-refractivity contribution in [3.05, 3.63) is 39.6 Å². The molecule has 2 aliphatic heterocycles. The Bertz CT molecular complexity index is 669. The summed E-state index contributed by atoms with van der Waals surface area (Å²) in [6, 6.07) is 7.79. The summed E-state index contributed by atoms with van der Waals surface area (Å²) in [5.74, 6) is 2.04.